The van der Waals surface area contributed by atoms with Gasteiger partial charge in [0.2, 0.25) is 6.79 Å². The number of nitriles is 1. The summed E-state index contributed by atoms with van der Waals surface area (Å²) in [6, 6.07) is 15.2. The van der Waals surface area contributed by atoms with E-state index in [9.17, 15) is 8.42 Å². The Hall–Kier alpha value is -2.72. The van der Waals surface area contributed by atoms with Crippen LogP contribution in [0.2, 0.25) is 0 Å². The number of nitrogens with zero attached hydrogens (tertiary/aromatic N) is 2. The summed E-state index contributed by atoms with van der Waals surface area (Å²) in [5, 5.41) is 8.82. The van der Waals surface area contributed by atoms with Crippen molar-refractivity contribution in [1.82, 2.24) is 0 Å². The van der Waals surface area contributed by atoms with Crippen LogP contribution in [-0.4, -0.2) is 21.8 Å². The molecule has 0 saturated heterocycles. The van der Waals surface area contributed by atoms with Gasteiger partial charge in [-0.1, -0.05) is 18.2 Å². The van der Waals surface area contributed by atoms with E-state index < -0.39 is 10.0 Å². The van der Waals surface area contributed by atoms with Crippen molar-refractivity contribution < 1.29 is 17.9 Å². The van der Waals surface area contributed by atoms with Crippen LogP contribution in [0.4, 0.5) is 5.69 Å². The van der Waals surface area contributed by atoms with Crippen LogP contribution in [0.1, 0.15) is 6.42 Å². The predicted molar refractivity (Wildman–Crippen MR) is 83.8 cm³/mol. The third-order valence-corrected chi connectivity index (χ3v) is 5.23. The van der Waals surface area contributed by atoms with Gasteiger partial charge in [-0.25, -0.2) is 8.42 Å². The van der Waals surface area contributed by atoms with Crippen molar-refractivity contribution in [3.05, 3.63) is 48.5 Å². The third kappa shape index (κ3) is 2.94. The minimum atomic E-state index is -3.80. The number of fused-ring (bicyclic) bond motifs is 1. The van der Waals surface area contributed by atoms with Crippen LogP contribution in [0.3, 0.4) is 0 Å². The summed E-state index contributed by atoms with van der Waals surface area (Å²) in [7, 11) is -3.80. The van der Waals surface area contributed by atoms with Crippen molar-refractivity contribution in [2.75, 3.05) is 17.6 Å². The van der Waals surface area contributed by atoms with E-state index >= 15 is 0 Å². The molecule has 6 nitrogen and oxygen atoms in total. The molecule has 0 fully saturated rings. The molecule has 2 aromatic carbocycles. The number of hydrogen-bond donors (Lipinski definition) is 0. The van der Waals surface area contributed by atoms with Crippen LogP contribution >= 0.6 is 0 Å². The molecule has 23 heavy (non-hydrogen) atoms. The number of ether oxygens (including phenoxy) is 2. The molecule has 0 aromatic heterocycles. The average Bonchev–Trinajstić information content (AvgIpc) is 3.03. The molecule has 0 spiro atoms. The second-order valence-electron chi connectivity index (χ2n) is 4.84. The van der Waals surface area contributed by atoms with E-state index in [4.69, 9.17) is 14.7 Å². The predicted octanol–water partition coefficient (Wildman–Crippen LogP) is 2.52. The first-order valence-corrected chi connectivity index (χ1v) is 8.41. The minimum absolute atomic E-state index is 0.0790. The fourth-order valence-electron chi connectivity index (χ4n) is 2.30. The topological polar surface area (TPSA) is 79.6 Å². The van der Waals surface area contributed by atoms with Crippen molar-refractivity contribution >= 4 is 15.7 Å². The van der Waals surface area contributed by atoms with Crippen LogP contribution in [0.25, 0.3) is 0 Å². The Labute approximate surface area is 134 Å². The van der Waals surface area contributed by atoms with E-state index in [2.05, 4.69) is 0 Å². The van der Waals surface area contributed by atoms with Gasteiger partial charge >= 0.3 is 0 Å². The molecule has 3 rings (SSSR count). The van der Waals surface area contributed by atoms with E-state index in [1.54, 1.807) is 36.4 Å². The normalized spacial score (nSPS) is 12.7. The lowest BCUT2D eigenvalue weighted by Crippen LogP contribution is -2.31. The fourth-order valence-corrected chi connectivity index (χ4v) is 3.78. The lowest BCUT2D eigenvalue weighted by atomic mass is 10.3. The van der Waals surface area contributed by atoms with Crippen LogP contribution in [-0.2, 0) is 10.0 Å². The highest BCUT2D eigenvalue weighted by Gasteiger charge is 2.27. The second kappa shape index (κ2) is 6.18. The maximum Gasteiger partial charge on any atom is 0.264 e. The van der Waals surface area contributed by atoms with E-state index in [0.29, 0.717) is 17.2 Å². The summed E-state index contributed by atoms with van der Waals surface area (Å²) < 4.78 is 37.6. The standard InChI is InChI=1S/C16H14N2O4S/c17-9-4-10-18(13-5-2-1-3-6-13)23(19,20)14-7-8-15-16(11-14)22-12-21-15/h1-3,5-8,11H,4,10,12H2. The van der Waals surface area contributed by atoms with E-state index in [1.807, 2.05) is 6.07 Å². The van der Waals surface area contributed by atoms with Gasteiger partial charge < -0.3 is 9.47 Å². The lowest BCUT2D eigenvalue weighted by molar-refractivity contribution is 0.174. The van der Waals surface area contributed by atoms with Crippen molar-refractivity contribution in [2.24, 2.45) is 0 Å². The Morgan fingerprint density at radius 3 is 2.57 bits per heavy atom. The molecule has 0 atom stereocenters. The smallest absolute Gasteiger partial charge is 0.264 e. The molecule has 0 N–H and O–H groups in total. The molecule has 0 radical (unpaired) electrons. The van der Waals surface area contributed by atoms with Gasteiger partial charge in [-0.15, -0.1) is 0 Å². The maximum absolute atomic E-state index is 13.0. The molecule has 118 valence electrons. The highest BCUT2D eigenvalue weighted by Crippen LogP contribution is 2.35. The highest BCUT2D eigenvalue weighted by atomic mass is 32.2. The van der Waals surface area contributed by atoms with Crippen molar-refractivity contribution in [3.63, 3.8) is 0 Å². The molecule has 1 aliphatic rings. The largest absolute Gasteiger partial charge is 0.454 e. The second-order valence-corrected chi connectivity index (χ2v) is 6.70. The minimum Gasteiger partial charge on any atom is -0.454 e. The van der Waals surface area contributed by atoms with Gasteiger partial charge in [0.25, 0.3) is 10.0 Å². The van der Waals surface area contributed by atoms with Crippen LogP contribution in [0.5, 0.6) is 11.5 Å². The first-order chi connectivity index (χ1) is 11.1. The summed E-state index contributed by atoms with van der Waals surface area (Å²) >= 11 is 0. The summed E-state index contributed by atoms with van der Waals surface area (Å²) in [5.74, 6) is 0.923. The molecule has 1 heterocycles. The summed E-state index contributed by atoms with van der Waals surface area (Å²) in [6.07, 6.45) is 0.0959. The molecule has 7 heteroatoms. The zero-order valence-corrected chi connectivity index (χ0v) is 13.0. The molecular weight excluding hydrogens is 316 g/mol. The molecule has 0 amide bonds. The third-order valence-electron chi connectivity index (χ3n) is 3.40. The van der Waals surface area contributed by atoms with Crippen LogP contribution < -0.4 is 13.8 Å². The molecule has 0 aliphatic carbocycles. The molecular formula is C16H14N2O4S. The van der Waals surface area contributed by atoms with Gasteiger partial charge in [-0.3, -0.25) is 4.31 Å². The molecule has 0 bridgehead atoms. The number of benzene rings is 2. The molecule has 2 aromatic rings. The molecule has 0 unspecified atom stereocenters. The number of rotatable bonds is 5. The number of sulfonamides is 1. The van der Waals surface area contributed by atoms with E-state index in [0.717, 1.165) is 0 Å². The van der Waals surface area contributed by atoms with Crippen molar-refractivity contribution in [1.29, 1.82) is 5.26 Å². The zero-order chi connectivity index (χ0) is 16.3. The monoisotopic (exact) mass is 330 g/mol. The quantitative estimate of drug-likeness (QED) is 0.841. The summed E-state index contributed by atoms with van der Waals surface area (Å²) in [4.78, 5) is 0.101. The number of hydrogen-bond acceptors (Lipinski definition) is 5. The van der Waals surface area contributed by atoms with Crippen molar-refractivity contribution in [2.45, 2.75) is 11.3 Å². The summed E-state index contributed by atoms with van der Waals surface area (Å²) in [6.45, 7) is 0.160. The lowest BCUT2D eigenvalue weighted by Gasteiger charge is -2.23. The Morgan fingerprint density at radius 2 is 1.83 bits per heavy atom. The van der Waals surface area contributed by atoms with Gasteiger partial charge in [-0.05, 0) is 24.3 Å². The summed E-state index contributed by atoms with van der Waals surface area (Å²) in [5.41, 5.74) is 0.514. The van der Waals surface area contributed by atoms with E-state index in [1.165, 1.54) is 16.4 Å². The molecule has 0 saturated carbocycles. The van der Waals surface area contributed by atoms with E-state index in [-0.39, 0.29) is 24.7 Å². The highest BCUT2D eigenvalue weighted by molar-refractivity contribution is 7.92. The Bertz CT molecular complexity index is 844. The maximum atomic E-state index is 13.0. The van der Waals surface area contributed by atoms with Crippen molar-refractivity contribution in [3.8, 4) is 17.6 Å². The fraction of sp³-hybridized carbons (Fsp3) is 0.188. The first-order valence-electron chi connectivity index (χ1n) is 6.97. The number of para-hydroxylation sites is 1. The van der Waals surface area contributed by atoms with Gasteiger partial charge in [0.1, 0.15) is 0 Å². The average molecular weight is 330 g/mol. The van der Waals surface area contributed by atoms with Crippen LogP contribution in [0, 0.1) is 11.3 Å². The van der Waals surface area contributed by atoms with Gasteiger partial charge in [0.15, 0.2) is 11.5 Å². The van der Waals surface area contributed by atoms with Gasteiger partial charge in [0, 0.05) is 12.6 Å². The Kier molecular flexibility index (Phi) is 4.08. The van der Waals surface area contributed by atoms with Crippen LogP contribution in [0.15, 0.2) is 53.4 Å². The van der Waals surface area contributed by atoms with Gasteiger partial charge in [-0.2, -0.15) is 5.26 Å². The molecule has 1 aliphatic heterocycles. The first kappa shape index (κ1) is 15.2. The zero-order valence-electron chi connectivity index (χ0n) is 12.2. The SMILES string of the molecule is N#CCCN(c1ccccc1)S(=O)(=O)c1ccc2c(c1)OCO2. The number of anilines is 1. The van der Waals surface area contributed by atoms with Gasteiger partial charge in [0.05, 0.1) is 23.1 Å². The Balaban J connectivity index is 2.02. The Morgan fingerprint density at radius 1 is 1.09 bits per heavy atom.